The fraction of sp³-hybridized carbons (Fsp3) is 0.889. The molecule has 61 valence electrons. The minimum absolute atomic E-state index is 0.405. The molecule has 1 heteroatoms. The normalized spacial score (nSPS) is 12.0. The van der Waals surface area contributed by atoms with Crippen molar-refractivity contribution in [1.29, 1.82) is 0 Å². The van der Waals surface area contributed by atoms with Gasteiger partial charge < -0.3 is 5.11 Å². The summed E-state index contributed by atoms with van der Waals surface area (Å²) in [5, 5.41) is 9.73. The molecule has 0 aliphatic heterocycles. The summed E-state index contributed by atoms with van der Waals surface area (Å²) in [6.07, 6.45) is 4.61. The summed E-state index contributed by atoms with van der Waals surface area (Å²) in [6.45, 7) is 7.81. The molecule has 0 saturated heterocycles. The van der Waals surface area contributed by atoms with Gasteiger partial charge in [0.15, 0.2) is 0 Å². The second-order valence-electron chi connectivity index (χ2n) is 2.89. The topological polar surface area (TPSA) is 20.2 Å². The van der Waals surface area contributed by atoms with Gasteiger partial charge in [0.1, 0.15) is 0 Å². The fourth-order valence-corrected chi connectivity index (χ4v) is 1.06. The van der Waals surface area contributed by atoms with E-state index in [4.69, 9.17) is 0 Å². The first kappa shape index (κ1) is 9.96. The monoisotopic (exact) mass is 143 g/mol. The second-order valence-corrected chi connectivity index (χ2v) is 2.89. The van der Waals surface area contributed by atoms with E-state index in [2.05, 4.69) is 6.92 Å². The molecule has 0 spiro atoms. The highest BCUT2D eigenvalue weighted by Gasteiger charge is 2.20. The van der Waals surface area contributed by atoms with Gasteiger partial charge in [-0.2, -0.15) is 0 Å². The smallest absolute Gasteiger partial charge is 0.0642 e. The zero-order valence-electron chi connectivity index (χ0n) is 7.19. The molecule has 0 fully saturated rings. The van der Waals surface area contributed by atoms with Gasteiger partial charge in [0.05, 0.1) is 5.60 Å². The van der Waals surface area contributed by atoms with Crippen molar-refractivity contribution in [2.24, 2.45) is 0 Å². The van der Waals surface area contributed by atoms with Crippen molar-refractivity contribution in [2.45, 2.75) is 51.6 Å². The van der Waals surface area contributed by atoms with Crippen LogP contribution < -0.4 is 0 Å². The Balaban J connectivity index is 3.58. The first-order valence-corrected chi connectivity index (χ1v) is 4.20. The van der Waals surface area contributed by atoms with Crippen LogP contribution in [0.25, 0.3) is 0 Å². The van der Waals surface area contributed by atoms with Gasteiger partial charge in [-0.1, -0.05) is 33.6 Å². The Bertz CT molecular complexity index is 74.8. The Morgan fingerprint density at radius 1 is 1.30 bits per heavy atom. The van der Waals surface area contributed by atoms with E-state index in [1.807, 2.05) is 13.8 Å². The minimum Gasteiger partial charge on any atom is -0.390 e. The van der Waals surface area contributed by atoms with Crippen molar-refractivity contribution >= 4 is 0 Å². The molecule has 0 aromatic heterocycles. The molecule has 0 rings (SSSR count). The average Bonchev–Trinajstić information content (AvgIpc) is 2.00. The Kier molecular flexibility index (Phi) is 4.71. The molecule has 0 aromatic rings. The largest absolute Gasteiger partial charge is 0.390 e. The van der Waals surface area contributed by atoms with E-state index in [0.717, 1.165) is 32.1 Å². The summed E-state index contributed by atoms with van der Waals surface area (Å²) < 4.78 is 0. The van der Waals surface area contributed by atoms with E-state index in [0.29, 0.717) is 0 Å². The molecule has 0 aliphatic rings. The third-order valence-corrected chi connectivity index (χ3v) is 2.21. The van der Waals surface area contributed by atoms with Crippen molar-refractivity contribution in [3.8, 4) is 0 Å². The van der Waals surface area contributed by atoms with E-state index in [1.54, 1.807) is 0 Å². The average molecular weight is 143 g/mol. The van der Waals surface area contributed by atoms with Crippen LogP contribution in [0.5, 0.6) is 0 Å². The number of aliphatic hydroxyl groups is 1. The van der Waals surface area contributed by atoms with E-state index in [-0.39, 0.29) is 0 Å². The summed E-state index contributed by atoms with van der Waals surface area (Å²) in [4.78, 5) is 0. The predicted octanol–water partition coefficient (Wildman–Crippen LogP) is 2.54. The van der Waals surface area contributed by atoms with E-state index in [1.165, 1.54) is 0 Å². The Morgan fingerprint density at radius 2 is 1.80 bits per heavy atom. The Labute approximate surface area is 64.5 Å². The number of unbranched alkanes of at least 4 members (excludes halogenated alkanes) is 1. The summed E-state index contributed by atoms with van der Waals surface area (Å²) in [6, 6.07) is 0. The van der Waals surface area contributed by atoms with Crippen LogP contribution in [0, 0.1) is 6.92 Å². The van der Waals surface area contributed by atoms with Crippen LogP contribution in [0.3, 0.4) is 0 Å². The lowest BCUT2D eigenvalue weighted by atomic mass is 9.91. The van der Waals surface area contributed by atoms with Crippen LogP contribution in [0.15, 0.2) is 0 Å². The standard InChI is InChI=1S/C9H19O/c1-4-7-8-9(10,5-2)6-3/h10H,1,4-8H2,2-3H3. The summed E-state index contributed by atoms with van der Waals surface area (Å²) in [5.74, 6) is 0. The van der Waals surface area contributed by atoms with E-state index in [9.17, 15) is 5.11 Å². The third-order valence-electron chi connectivity index (χ3n) is 2.21. The van der Waals surface area contributed by atoms with Crippen LogP contribution in [0.4, 0.5) is 0 Å². The van der Waals surface area contributed by atoms with E-state index >= 15 is 0 Å². The molecule has 1 radical (unpaired) electrons. The summed E-state index contributed by atoms with van der Waals surface area (Å²) in [7, 11) is 0. The molecule has 1 nitrogen and oxygen atoms in total. The van der Waals surface area contributed by atoms with Crippen molar-refractivity contribution < 1.29 is 5.11 Å². The zero-order valence-corrected chi connectivity index (χ0v) is 7.19. The highest BCUT2D eigenvalue weighted by molar-refractivity contribution is 4.74. The number of rotatable bonds is 5. The van der Waals surface area contributed by atoms with Crippen LogP contribution in [-0.2, 0) is 0 Å². The Hall–Kier alpha value is -0.0400. The molecule has 0 atom stereocenters. The van der Waals surface area contributed by atoms with Gasteiger partial charge in [0.25, 0.3) is 0 Å². The zero-order chi connectivity index (χ0) is 8.04. The van der Waals surface area contributed by atoms with Gasteiger partial charge >= 0.3 is 0 Å². The molecule has 1 N–H and O–H groups in total. The maximum Gasteiger partial charge on any atom is 0.0642 e. The first-order chi connectivity index (χ1) is 4.68. The van der Waals surface area contributed by atoms with Gasteiger partial charge in [0, 0.05) is 0 Å². The SMILES string of the molecule is [CH2]CCCC(O)(CC)CC. The van der Waals surface area contributed by atoms with Crippen LogP contribution in [-0.4, -0.2) is 10.7 Å². The van der Waals surface area contributed by atoms with Crippen molar-refractivity contribution in [1.82, 2.24) is 0 Å². The molecule has 0 heterocycles. The third kappa shape index (κ3) is 3.21. The predicted molar refractivity (Wildman–Crippen MR) is 44.7 cm³/mol. The maximum atomic E-state index is 9.73. The van der Waals surface area contributed by atoms with E-state index < -0.39 is 5.60 Å². The highest BCUT2D eigenvalue weighted by Crippen LogP contribution is 2.21. The molecule has 0 aromatic carbocycles. The summed E-state index contributed by atoms with van der Waals surface area (Å²) >= 11 is 0. The summed E-state index contributed by atoms with van der Waals surface area (Å²) in [5.41, 5.74) is -0.405. The van der Waals surface area contributed by atoms with Crippen molar-refractivity contribution in [2.75, 3.05) is 0 Å². The number of hydrogen-bond donors (Lipinski definition) is 1. The first-order valence-electron chi connectivity index (χ1n) is 4.20. The van der Waals surface area contributed by atoms with Gasteiger partial charge in [-0.3, -0.25) is 0 Å². The molecular formula is C9H19O. The van der Waals surface area contributed by atoms with Gasteiger partial charge in [-0.25, -0.2) is 0 Å². The lowest BCUT2D eigenvalue weighted by Gasteiger charge is -2.24. The Morgan fingerprint density at radius 3 is 2.10 bits per heavy atom. The lowest BCUT2D eigenvalue weighted by Crippen LogP contribution is -2.25. The fourth-order valence-electron chi connectivity index (χ4n) is 1.06. The molecule has 0 unspecified atom stereocenters. The minimum atomic E-state index is -0.405. The van der Waals surface area contributed by atoms with Gasteiger partial charge in [-0.15, -0.1) is 0 Å². The maximum absolute atomic E-state index is 9.73. The second kappa shape index (κ2) is 4.73. The molecule has 10 heavy (non-hydrogen) atoms. The van der Waals surface area contributed by atoms with Crippen LogP contribution in [0.2, 0.25) is 0 Å². The van der Waals surface area contributed by atoms with Gasteiger partial charge in [0.2, 0.25) is 0 Å². The molecule has 0 saturated carbocycles. The van der Waals surface area contributed by atoms with Crippen molar-refractivity contribution in [3.63, 3.8) is 0 Å². The van der Waals surface area contributed by atoms with Crippen LogP contribution >= 0.6 is 0 Å². The highest BCUT2D eigenvalue weighted by atomic mass is 16.3. The molecule has 0 bridgehead atoms. The molecule has 0 amide bonds. The molecular weight excluding hydrogens is 124 g/mol. The van der Waals surface area contributed by atoms with Gasteiger partial charge in [-0.05, 0) is 19.3 Å². The van der Waals surface area contributed by atoms with Crippen LogP contribution in [0.1, 0.15) is 46.0 Å². The van der Waals surface area contributed by atoms with Crippen molar-refractivity contribution in [3.05, 3.63) is 6.92 Å². The lowest BCUT2D eigenvalue weighted by molar-refractivity contribution is 0.0219. The molecule has 0 aliphatic carbocycles. The number of hydrogen-bond acceptors (Lipinski definition) is 1. The quantitative estimate of drug-likeness (QED) is 0.627.